The molecular formula is C30H22ClN5O3S. The zero-order chi connectivity index (χ0) is 27.1. The van der Waals surface area contributed by atoms with Gasteiger partial charge in [-0.15, -0.1) is 11.3 Å². The number of halogens is 1. The van der Waals surface area contributed by atoms with E-state index in [2.05, 4.69) is 20.3 Å². The molecular weight excluding hydrogens is 546 g/mol. The van der Waals surface area contributed by atoms with Gasteiger partial charge in [0.2, 0.25) is 5.91 Å². The molecule has 1 saturated heterocycles. The van der Waals surface area contributed by atoms with Gasteiger partial charge in [0.15, 0.2) is 5.58 Å². The van der Waals surface area contributed by atoms with E-state index in [1.807, 2.05) is 65.7 Å². The fourth-order valence-electron chi connectivity index (χ4n) is 4.68. The van der Waals surface area contributed by atoms with E-state index in [1.54, 1.807) is 29.7 Å². The summed E-state index contributed by atoms with van der Waals surface area (Å²) >= 11 is 7.55. The molecule has 1 amide bonds. The number of fused-ring (bicyclic) bond motifs is 2. The van der Waals surface area contributed by atoms with Crippen molar-refractivity contribution in [3.63, 3.8) is 0 Å². The first-order valence-corrected chi connectivity index (χ1v) is 14.0. The lowest BCUT2D eigenvalue weighted by Gasteiger charge is -2.15. The quantitative estimate of drug-likeness (QED) is 0.210. The van der Waals surface area contributed by atoms with Gasteiger partial charge in [-0.25, -0.2) is 0 Å². The molecule has 1 aliphatic heterocycles. The van der Waals surface area contributed by atoms with Crippen LogP contribution in [0.1, 0.15) is 18.4 Å². The van der Waals surface area contributed by atoms with Crippen LogP contribution >= 0.6 is 22.9 Å². The Balaban J connectivity index is 1.10. The number of benzene rings is 2. The largest absolute Gasteiger partial charge is 0.456 e. The maximum absolute atomic E-state index is 11.9. The van der Waals surface area contributed by atoms with E-state index in [0.717, 1.165) is 45.0 Å². The number of likely N-dealkylation sites (tertiary alicyclic amines) is 1. The van der Waals surface area contributed by atoms with E-state index in [4.69, 9.17) is 20.8 Å². The minimum Gasteiger partial charge on any atom is -0.456 e. The second-order valence-electron chi connectivity index (χ2n) is 9.49. The molecule has 1 N–H and O–H groups in total. The fraction of sp³-hybridized carbons (Fsp3) is 0.133. The van der Waals surface area contributed by atoms with Crippen molar-refractivity contribution in [3.8, 4) is 22.1 Å². The van der Waals surface area contributed by atoms with Crippen molar-refractivity contribution in [3.05, 3.63) is 89.7 Å². The maximum atomic E-state index is 11.9. The highest BCUT2D eigenvalue weighted by molar-refractivity contribution is 7.22. The van der Waals surface area contributed by atoms with Crippen molar-refractivity contribution < 1.29 is 13.9 Å². The number of pyridine rings is 2. The summed E-state index contributed by atoms with van der Waals surface area (Å²) in [4.78, 5) is 28.6. The summed E-state index contributed by atoms with van der Waals surface area (Å²) in [5.41, 5.74) is 4.86. The number of carbonyl (C=O) groups excluding carboxylic acids is 1. The maximum Gasteiger partial charge on any atom is 0.300 e. The zero-order valence-electron chi connectivity index (χ0n) is 21.1. The summed E-state index contributed by atoms with van der Waals surface area (Å²) in [5, 5.41) is 3.81. The number of ether oxygens (including phenoxy) is 1. The summed E-state index contributed by atoms with van der Waals surface area (Å²) in [6.07, 6.45) is 5.15. The van der Waals surface area contributed by atoms with E-state index in [0.29, 0.717) is 46.6 Å². The second-order valence-corrected chi connectivity index (χ2v) is 11.0. The lowest BCUT2D eigenvalue weighted by Crippen LogP contribution is -2.23. The molecule has 0 aliphatic carbocycles. The molecule has 0 saturated carbocycles. The zero-order valence-corrected chi connectivity index (χ0v) is 22.7. The molecule has 0 atom stereocenters. The van der Waals surface area contributed by atoms with Crippen molar-refractivity contribution in [1.82, 2.24) is 19.9 Å². The van der Waals surface area contributed by atoms with E-state index in [9.17, 15) is 4.79 Å². The molecule has 4 aromatic heterocycles. The van der Waals surface area contributed by atoms with Crippen LogP contribution in [0.2, 0.25) is 5.02 Å². The molecule has 2 aromatic carbocycles. The highest BCUT2D eigenvalue weighted by Gasteiger charge is 2.20. The van der Waals surface area contributed by atoms with Gasteiger partial charge in [-0.1, -0.05) is 17.7 Å². The van der Waals surface area contributed by atoms with Crippen LogP contribution in [0.5, 0.6) is 11.5 Å². The van der Waals surface area contributed by atoms with Crippen molar-refractivity contribution in [2.45, 2.75) is 19.4 Å². The van der Waals surface area contributed by atoms with Gasteiger partial charge in [-0.3, -0.25) is 14.8 Å². The third kappa shape index (κ3) is 4.97. The van der Waals surface area contributed by atoms with Crippen molar-refractivity contribution >= 4 is 61.9 Å². The lowest BCUT2D eigenvalue weighted by atomic mass is 10.2. The van der Waals surface area contributed by atoms with Gasteiger partial charge in [-0.05, 0) is 60.5 Å². The minimum absolute atomic E-state index is 0.213. The second kappa shape index (κ2) is 10.3. The number of nitrogens with zero attached hydrogens (tertiary/aromatic N) is 4. The Morgan fingerprint density at radius 2 is 1.93 bits per heavy atom. The number of anilines is 2. The number of thiophene rings is 1. The standard InChI is InChI=1S/C30H22ClN5O3S/c31-19-4-6-20(7-5-19)34-30-35-23-14-21(8-10-25(23)39-30)38-26-11-12-32-24-15-27(40-29(24)26)22-9-3-18(16-33-22)17-36-13-1-2-28(36)37/h3-12,14-16H,1-2,13,17H2,(H,34,35). The van der Waals surface area contributed by atoms with E-state index < -0.39 is 0 Å². The highest BCUT2D eigenvalue weighted by atomic mass is 35.5. The molecule has 40 heavy (non-hydrogen) atoms. The Hall–Kier alpha value is -4.47. The Bertz CT molecular complexity index is 1850. The van der Waals surface area contributed by atoms with Crippen LogP contribution in [0.15, 0.2) is 83.5 Å². The average Bonchev–Trinajstić information content (AvgIpc) is 3.69. The van der Waals surface area contributed by atoms with Crippen molar-refractivity contribution in [2.24, 2.45) is 0 Å². The Kier molecular flexibility index (Phi) is 6.30. The van der Waals surface area contributed by atoms with E-state index in [1.165, 1.54) is 0 Å². The molecule has 6 aromatic rings. The van der Waals surface area contributed by atoms with Gasteiger partial charge in [-0.2, -0.15) is 4.98 Å². The number of rotatable bonds is 7. The minimum atomic E-state index is 0.213. The molecule has 5 heterocycles. The summed E-state index contributed by atoms with van der Waals surface area (Å²) in [6.45, 7) is 1.42. The molecule has 10 heteroatoms. The summed E-state index contributed by atoms with van der Waals surface area (Å²) in [5.74, 6) is 1.55. The van der Waals surface area contributed by atoms with E-state index >= 15 is 0 Å². The summed E-state index contributed by atoms with van der Waals surface area (Å²) in [6, 6.07) is 21.1. The Labute approximate surface area is 238 Å². The molecule has 7 rings (SSSR count). The number of oxazole rings is 1. The highest BCUT2D eigenvalue weighted by Crippen LogP contribution is 2.39. The van der Waals surface area contributed by atoms with Crippen LogP contribution in [0.4, 0.5) is 11.7 Å². The van der Waals surface area contributed by atoms with Crippen LogP contribution < -0.4 is 10.1 Å². The monoisotopic (exact) mass is 567 g/mol. The fourth-order valence-corrected chi connectivity index (χ4v) is 5.85. The van der Waals surface area contributed by atoms with Gasteiger partial charge in [0.1, 0.15) is 17.0 Å². The number of hydrogen-bond donors (Lipinski definition) is 1. The first kappa shape index (κ1) is 24.6. The number of nitrogens with one attached hydrogen (secondary N) is 1. The Morgan fingerprint density at radius 1 is 1.02 bits per heavy atom. The van der Waals surface area contributed by atoms with Crippen LogP contribution in [-0.4, -0.2) is 32.3 Å². The lowest BCUT2D eigenvalue weighted by molar-refractivity contribution is -0.128. The van der Waals surface area contributed by atoms with Crippen LogP contribution in [0, 0.1) is 0 Å². The third-order valence-corrected chi connectivity index (χ3v) is 8.09. The third-order valence-electron chi connectivity index (χ3n) is 6.68. The molecule has 0 radical (unpaired) electrons. The molecule has 8 nitrogen and oxygen atoms in total. The predicted molar refractivity (Wildman–Crippen MR) is 156 cm³/mol. The summed E-state index contributed by atoms with van der Waals surface area (Å²) < 4.78 is 13.1. The molecule has 1 aliphatic rings. The van der Waals surface area contributed by atoms with Gasteiger partial charge >= 0.3 is 0 Å². The Morgan fingerprint density at radius 3 is 2.73 bits per heavy atom. The van der Waals surface area contributed by atoms with Gasteiger partial charge in [0.05, 0.1) is 20.8 Å². The van der Waals surface area contributed by atoms with Crippen LogP contribution in [0.3, 0.4) is 0 Å². The SMILES string of the molecule is O=C1CCCN1Cc1ccc(-c2cc3nccc(Oc4ccc5oc(Nc6ccc(Cl)cc6)nc5c4)c3s2)nc1. The number of amides is 1. The summed E-state index contributed by atoms with van der Waals surface area (Å²) in [7, 11) is 0. The molecule has 0 spiro atoms. The predicted octanol–water partition coefficient (Wildman–Crippen LogP) is 7.81. The van der Waals surface area contributed by atoms with E-state index in [-0.39, 0.29) is 5.91 Å². The van der Waals surface area contributed by atoms with Gasteiger partial charge in [0.25, 0.3) is 6.01 Å². The van der Waals surface area contributed by atoms with Gasteiger partial charge in [0, 0.05) is 54.7 Å². The number of carbonyl (C=O) groups is 1. The smallest absolute Gasteiger partial charge is 0.300 e. The molecule has 0 unspecified atom stereocenters. The number of aromatic nitrogens is 3. The molecule has 0 bridgehead atoms. The number of hydrogen-bond acceptors (Lipinski definition) is 8. The van der Waals surface area contributed by atoms with Crippen LogP contribution in [0.25, 0.3) is 31.9 Å². The van der Waals surface area contributed by atoms with Gasteiger partial charge < -0.3 is 19.4 Å². The van der Waals surface area contributed by atoms with Crippen molar-refractivity contribution in [1.29, 1.82) is 0 Å². The van der Waals surface area contributed by atoms with Crippen LogP contribution in [-0.2, 0) is 11.3 Å². The first-order valence-electron chi connectivity index (χ1n) is 12.8. The molecule has 198 valence electrons. The van der Waals surface area contributed by atoms with Crippen molar-refractivity contribution in [2.75, 3.05) is 11.9 Å². The average molecular weight is 568 g/mol. The first-order chi connectivity index (χ1) is 19.6. The normalized spacial score (nSPS) is 13.4. The molecule has 1 fully saturated rings. The topological polar surface area (TPSA) is 93.4 Å².